The summed E-state index contributed by atoms with van der Waals surface area (Å²) in [5, 5.41) is 6.72. The van der Waals surface area contributed by atoms with Gasteiger partial charge >= 0.3 is 0 Å². The first-order valence-corrected chi connectivity index (χ1v) is 8.05. The number of hydrogen-bond acceptors (Lipinski definition) is 5. The summed E-state index contributed by atoms with van der Waals surface area (Å²) in [6.45, 7) is 8.29. The summed E-state index contributed by atoms with van der Waals surface area (Å²) in [5.41, 5.74) is 1.23. The van der Waals surface area contributed by atoms with E-state index in [1.807, 2.05) is 0 Å². The molecule has 4 nitrogen and oxygen atoms in total. The monoisotopic (exact) mass is 283 g/mol. The maximum absolute atomic E-state index is 5.24. The van der Waals surface area contributed by atoms with Crippen LogP contribution < -0.4 is 5.32 Å². The molecular formula is C14H25N3OS. The third kappa shape index (κ3) is 4.84. The highest BCUT2D eigenvalue weighted by Crippen LogP contribution is 2.20. The summed E-state index contributed by atoms with van der Waals surface area (Å²) in [4.78, 5) is 7.20. The van der Waals surface area contributed by atoms with Gasteiger partial charge in [0.25, 0.3) is 0 Å². The second-order valence-corrected chi connectivity index (χ2v) is 6.13. The predicted molar refractivity (Wildman–Crippen MR) is 79.4 cm³/mol. The Morgan fingerprint density at radius 1 is 1.47 bits per heavy atom. The molecular weight excluding hydrogens is 258 g/mol. The molecule has 0 amide bonds. The average molecular weight is 283 g/mol. The van der Waals surface area contributed by atoms with Gasteiger partial charge < -0.3 is 10.1 Å². The number of rotatable bonds is 7. The van der Waals surface area contributed by atoms with E-state index in [2.05, 4.69) is 27.5 Å². The molecule has 0 atom stereocenters. The minimum absolute atomic E-state index is 0.751. The van der Waals surface area contributed by atoms with Crippen molar-refractivity contribution < 1.29 is 4.74 Å². The van der Waals surface area contributed by atoms with Crippen LogP contribution in [-0.2, 0) is 17.8 Å². The summed E-state index contributed by atoms with van der Waals surface area (Å²) in [7, 11) is 1.80. The van der Waals surface area contributed by atoms with Crippen molar-refractivity contribution in [3.05, 3.63) is 16.1 Å². The van der Waals surface area contributed by atoms with E-state index in [-0.39, 0.29) is 0 Å². The van der Waals surface area contributed by atoms with Crippen LogP contribution >= 0.6 is 11.3 Å². The van der Waals surface area contributed by atoms with Crippen LogP contribution in [0.15, 0.2) is 5.38 Å². The Bertz CT molecular complexity index is 361. The van der Waals surface area contributed by atoms with Gasteiger partial charge in [0.15, 0.2) is 0 Å². The van der Waals surface area contributed by atoms with Crippen LogP contribution in [-0.4, -0.2) is 43.2 Å². The Kier molecular flexibility index (Phi) is 6.23. The van der Waals surface area contributed by atoms with E-state index in [9.17, 15) is 0 Å². The Balaban J connectivity index is 1.74. The minimum atomic E-state index is 0.751. The normalized spacial score (nSPS) is 18.0. The number of piperidine rings is 1. The van der Waals surface area contributed by atoms with Gasteiger partial charge in [-0.1, -0.05) is 6.92 Å². The quantitative estimate of drug-likeness (QED) is 0.831. The lowest BCUT2D eigenvalue weighted by Gasteiger charge is -2.31. The molecule has 1 saturated heterocycles. The van der Waals surface area contributed by atoms with Crippen molar-refractivity contribution in [3.8, 4) is 0 Å². The molecule has 0 aromatic carbocycles. The molecule has 5 heteroatoms. The van der Waals surface area contributed by atoms with Crippen molar-refractivity contribution in [2.75, 3.05) is 33.4 Å². The van der Waals surface area contributed by atoms with E-state index >= 15 is 0 Å². The molecule has 0 bridgehead atoms. The Labute approximate surface area is 120 Å². The molecule has 0 aliphatic carbocycles. The molecule has 0 radical (unpaired) electrons. The number of aromatic nitrogens is 1. The Hall–Kier alpha value is -0.490. The van der Waals surface area contributed by atoms with E-state index < -0.39 is 0 Å². The summed E-state index contributed by atoms with van der Waals surface area (Å²) in [6, 6.07) is 0. The summed E-state index contributed by atoms with van der Waals surface area (Å²) < 4.78 is 5.24. The van der Waals surface area contributed by atoms with Crippen molar-refractivity contribution in [2.24, 2.45) is 5.92 Å². The molecule has 1 aliphatic heterocycles. The lowest BCUT2D eigenvalue weighted by atomic mass is 9.98. The number of ether oxygens (including phenoxy) is 1. The topological polar surface area (TPSA) is 37.4 Å². The molecule has 1 aromatic rings. The van der Waals surface area contributed by atoms with Crippen LogP contribution in [0.4, 0.5) is 0 Å². The molecule has 2 heterocycles. The average Bonchev–Trinajstić information content (AvgIpc) is 2.87. The van der Waals surface area contributed by atoms with Crippen LogP contribution in [0.1, 0.15) is 30.5 Å². The first kappa shape index (κ1) is 14.9. The van der Waals surface area contributed by atoms with E-state index in [4.69, 9.17) is 4.74 Å². The van der Waals surface area contributed by atoms with Crippen molar-refractivity contribution in [1.82, 2.24) is 15.2 Å². The van der Waals surface area contributed by atoms with Crippen molar-refractivity contribution in [3.63, 3.8) is 0 Å². The van der Waals surface area contributed by atoms with E-state index in [1.165, 1.54) is 36.6 Å². The van der Waals surface area contributed by atoms with Gasteiger partial charge in [-0.15, -0.1) is 11.3 Å². The van der Waals surface area contributed by atoms with E-state index in [1.54, 1.807) is 18.4 Å². The number of nitrogens with one attached hydrogen (secondary N) is 1. The highest BCUT2D eigenvalue weighted by atomic mass is 32.1. The van der Waals surface area contributed by atoms with E-state index in [0.29, 0.717) is 0 Å². The van der Waals surface area contributed by atoms with Gasteiger partial charge in [-0.05, 0) is 38.4 Å². The minimum Gasteiger partial charge on any atom is -0.384 e. The van der Waals surface area contributed by atoms with Crippen LogP contribution in [0.2, 0.25) is 0 Å². The lowest BCUT2D eigenvalue weighted by molar-refractivity contribution is 0.0964. The highest BCUT2D eigenvalue weighted by Gasteiger charge is 2.19. The predicted octanol–water partition coefficient (Wildman–Crippen LogP) is 2.11. The second-order valence-electron chi connectivity index (χ2n) is 5.19. The molecule has 19 heavy (non-hydrogen) atoms. The summed E-state index contributed by atoms with van der Waals surface area (Å²) >= 11 is 1.77. The fourth-order valence-corrected chi connectivity index (χ4v) is 3.27. The maximum atomic E-state index is 5.24. The summed E-state index contributed by atoms with van der Waals surface area (Å²) in [6.07, 6.45) is 2.50. The van der Waals surface area contributed by atoms with Crippen LogP contribution in [0.5, 0.6) is 0 Å². The van der Waals surface area contributed by atoms with Gasteiger partial charge in [-0.25, -0.2) is 4.98 Å². The number of thiazole rings is 1. The number of methoxy groups -OCH3 is 1. The van der Waals surface area contributed by atoms with Gasteiger partial charge in [-0.3, -0.25) is 4.90 Å². The van der Waals surface area contributed by atoms with Gasteiger partial charge in [-0.2, -0.15) is 0 Å². The Morgan fingerprint density at radius 2 is 2.26 bits per heavy atom. The number of hydrogen-bond donors (Lipinski definition) is 1. The molecule has 0 spiro atoms. The molecule has 1 fully saturated rings. The number of nitrogens with zero attached hydrogens (tertiary/aromatic N) is 2. The summed E-state index contributed by atoms with van der Waals surface area (Å²) in [5.74, 6) is 0.751. The zero-order valence-corrected chi connectivity index (χ0v) is 12.8. The van der Waals surface area contributed by atoms with Gasteiger partial charge in [0.2, 0.25) is 0 Å². The van der Waals surface area contributed by atoms with Crippen molar-refractivity contribution in [1.29, 1.82) is 0 Å². The molecule has 0 unspecified atom stereocenters. The molecule has 108 valence electrons. The molecule has 1 N–H and O–H groups in total. The Morgan fingerprint density at radius 3 is 2.95 bits per heavy atom. The fraction of sp³-hybridized carbons (Fsp3) is 0.786. The van der Waals surface area contributed by atoms with Crippen LogP contribution in [0.25, 0.3) is 0 Å². The highest BCUT2D eigenvalue weighted by molar-refractivity contribution is 7.09. The zero-order chi connectivity index (χ0) is 13.5. The van der Waals surface area contributed by atoms with Crippen LogP contribution in [0, 0.1) is 5.92 Å². The van der Waals surface area contributed by atoms with Gasteiger partial charge in [0.1, 0.15) is 5.01 Å². The standard InChI is InChI=1S/C14H25N3OS/c1-3-15-8-14-16-13(11-19-14)9-17-6-4-12(5-7-17)10-18-2/h11-12,15H,3-10H2,1-2H3. The largest absolute Gasteiger partial charge is 0.384 e. The van der Waals surface area contributed by atoms with Crippen molar-refractivity contribution >= 4 is 11.3 Å². The second kappa shape index (κ2) is 7.94. The molecule has 2 rings (SSSR count). The maximum Gasteiger partial charge on any atom is 0.107 e. The molecule has 1 aromatic heterocycles. The zero-order valence-electron chi connectivity index (χ0n) is 12.0. The first-order chi connectivity index (χ1) is 9.31. The van der Waals surface area contributed by atoms with Crippen LogP contribution in [0.3, 0.4) is 0 Å². The molecule has 0 saturated carbocycles. The molecule has 1 aliphatic rings. The first-order valence-electron chi connectivity index (χ1n) is 7.17. The van der Waals surface area contributed by atoms with E-state index in [0.717, 1.165) is 32.2 Å². The lowest BCUT2D eigenvalue weighted by Crippen LogP contribution is -2.34. The fourth-order valence-electron chi connectivity index (χ4n) is 2.51. The smallest absolute Gasteiger partial charge is 0.107 e. The van der Waals surface area contributed by atoms with Gasteiger partial charge in [0, 0.05) is 32.2 Å². The third-order valence-corrected chi connectivity index (χ3v) is 4.52. The third-order valence-electron chi connectivity index (χ3n) is 3.62. The van der Waals surface area contributed by atoms with Crippen molar-refractivity contribution in [2.45, 2.75) is 32.9 Å². The number of likely N-dealkylation sites (tertiary alicyclic amines) is 1. The van der Waals surface area contributed by atoms with Gasteiger partial charge in [0.05, 0.1) is 5.69 Å². The SMILES string of the molecule is CCNCc1nc(CN2CCC(COC)CC2)cs1.